The van der Waals surface area contributed by atoms with E-state index in [1.165, 1.54) is 30.5 Å². The van der Waals surface area contributed by atoms with Crippen molar-refractivity contribution < 1.29 is 32.5 Å². The van der Waals surface area contributed by atoms with Crippen LogP contribution in [-0.2, 0) is 0 Å². The summed E-state index contributed by atoms with van der Waals surface area (Å²) in [6.45, 7) is 0.455. The lowest BCUT2D eigenvalue weighted by Gasteiger charge is -2.28. The molecular formula is C22H24F3N3O4. The molecule has 1 aromatic heterocycles. The van der Waals surface area contributed by atoms with E-state index >= 15 is 0 Å². The topological polar surface area (TPSA) is 93.6 Å². The number of carbonyl (C=O) groups is 1. The molecule has 0 saturated heterocycles. The Morgan fingerprint density at radius 1 is 1.12 bits per heavy atom. The van der Waals surface area contributed by atoms with Crippen LogP contribution >= 0.6 is 0 Å². The molecule has 2 aliphatic rings. The molecule has 32 heavy (non-hydrogen) atoms. The third-order valence-corrected chi connectivity index (χ3v) is 5.53. The van der Waals surface area contributed by atoms with Crippen molar-refractivity contribution in [3.05, 3.63) is 36.2 Å². The Kier molecular flexibility index (Phi) is 6.50. The number of alkyl halides is 3. The number of rotatable bonds is 7. The van der Waals surface area contributed by atoms with Gasteiger partial charge >= 0.3 is 6.36 Å². The Hall–Kier alpha value is -2.88. The van der Waals surface area contributed by atoms with E-state index in [0.717, 1.165) is 25.7 Å². The van der Waals surface area contributed by atoms with E-state index in [-0.39, 0.29) is 29.1 Å². The van der Waals surface area contributed by atoms with Crippen molar-refractivity contribution in [1.29, 1.82) is 0 Å². The van der Waals surface area contributed by atoms with Gasteiger partial charge in [0.15, 0.2) is 0 Å². The summed E-state index contributed by atoms with van der Waals surface area (Å²) in [4.78, 5) is 21.4. The first-order chi connectivity index (χ1) is 15.3. The number of hydrogen-bond donors (Lipinski definition) is 2. The van der Waals surface area contributed by atoms with Crippen molar-refractivity contribution in [3.8, 4) is 22.9 Å². The number of ether oxygens (including phenoxy) is 2. The largest absolute Gasteiger partial charge is 0.573 e. The van der Waals surface area contributed by atoms with Gasteiger partial charge in [-0.2, -0.15) is 0 Å². The summed E-state index contributed by atoms with van der Waals surface area (Å²) in [6, 6.07) is 4.79. The zero-order valence-electron chi connectivity index (χ0n) is 17.3. The summed E-state index contributed by atoms with van der Waals surface area (Å²) in [5.41, 5.74) is 0.721. The highest BCUT2D eigenvalue weighted by Gasteiger charge is 2.31. The average Bonchev–Trinajstić information content (AvgIpc) is 3.58. The molecule has 0 aliphatic heterocycles. The Balaban J connectivity index is 1.57. The van der Waals surface area contributed by atoms with Crippen LogP contribution in [0.4, 0.5) is 13.2 Å². The lowest BCUT2D eigenvalue weighted by Crippen LogP contribution is -2.45. The number of amides is 1. The smallest absolute Gasteiger partial charge is 0.476 e. The zero-order valence-corrected chi connectivity index (χ0v) is 17.3. The maximum absolute atomic E-state index is 12.7. The molecule has 1 aromatic carbocycles. The van der Waals surface area contributed by atoms with Crippen molar-refractivity contribution in [2.75, 3.05) is 6.61 Å². The SMILES string of the molecule is O=C(N[C@@H]1CCCC[C@H]1O)c1cnc(OCC2CC2)c(-c2ccc(OC(F)(F)F)cc2)n1. The van der Waals surface area contributed by atoms with Crippen LogP contribution in [0.2, 0.25) is 0 Å². The number of nitrogens with one attached hydrogen (secondary N) is 1. The van der Waals surface area contributed by atoms with Crippen LogP contribution in [0.25, 0.3) is 11.3 Å². The summed E-state index contributed by atoms with van der Waals surface area (Å²) in [5.74, 6) is -0.191. The number of aliphatic hydroxyl groups is 1. The van der Waals surface area contributed by atoms with Crippen LogP contribution < -0.4 is 14.8 Å². The Morgan fingerprint density at radius 2 is 1.84 bits per heavy atom. The molecule has 2 atom stereocenters. The minimum atomic E-state index is -4.79. The van der Waals surface area contributed by atoms with E-state index in [1.807, 2.05) is 0 Å². The molecule has 2 fully saturated rings. The fourth-order valence-electron chi connectivity index (χ4n) is 3.60. The second-order valence-corrected chi connectivity index (χ2v) is 8.17. The minimum Gasteiger partial charge on any atom is -0.476 e. The van der Waals surface area contributed by atoms with Gasteiger partial charge in [0, 0.05) is 5.56 Å². The van der Waals surface area contributed by atoms with E-state index in [2.05, 4.69) is 20.0 Å². The van der Waals surface area contributed by atoms with Crippen LogP contribution in [0, 0.1) is 5.92 Å². The number of aromatic nitrogens is 2. The lowest BCUT2D eigenvalue weighted by molar-refractivity contribution is -0.274. The highest BCUT2D eigenvalue weighted by atomic mass is 19.4. The van der Waals surface area contributed by atoms with Crippen molar-refractivity contribution in [2.24, 2.45) is 5.92 Å². The van der Waals surface area contributed by atoms with E-state index in [4.69, 9.17) is 4.74 Å². The molecule has 1 heterocycles. The highest BCUT2D eigenvalue weighted by Crippen LogP contribution is 2.33. The number of carbonyl (C=O) groups excluding carboxylic acids is 1. The Morgan fingerprint density at radius 3 is 2.50 bits per heavy atom. The fraction of sp³-hybridized carbons (Fsp3) is 0.500. The summed E-state index contributed by atoms with van der Waals surface area (Å²) < 4.78 is 47.0. The van der Waals surface area contributed by atoms with E-state index in [0.29, 0.717) is 30.9 Å². The number of hydrogen-bond acceptors (Lipinski definition) is 6. The molecule has 0 radical (unpaired) electrons. The first-order valence-corrected chi connectivity index (χ1v) is 10.6. The average molecular weight is 451 g/mol. The molecule has 2 aromatic rings. The van der Waals surface area contributed by atoms with Gasteiger partial charge in [-0.25, -0.2) is 9.97 Å². The van der Waals surface area contributed by atoms with Gasteiger partial charge in [0.1, 0.15) is 17.1 Å². The van der Waals surface area contributed by atoms with Gasteiger partial charge in [0.2, 0.25) is 5.88 Å². The maximum atomic E-state index is 12.7. The molecule has 10 heteroatoms. The van der Waals surface area contributed by atoms with Gasteiger partial charge in [-0.3, -0.25) is 4.79 Å². The molecule has 7 nitrogen and oxygen atoms in total. The summed E-state index contributed by atoms with van der Waals surface area (Å²) >= 11 is 0. The number of benzene rings is 1. The van der Waals surface area contributed by atoms with Gasteiger partial charge in [0.05, 0.1) is 24.9 Å². The predicted molar refractivity (Wildman–Crippen MR) is 108 cm³/mol. The molecule has 2 N–H and O–H groups in total. The molecule has 4 rings (SSSR count). The fourth-order valence-corrected chi connectivity index (χ4v) is 3.60. The van der Waals surface area contributed by atoms with Gasteiger partial charge in [-0.1, -0.05) is 12.8 Å². The molecule has 172 valence electrons. The summed E-state index contributed by atoms with van der Waals surface area (Å²) in [7, 11) is 0. The molecule has 0 spiro atoms. The standard InChI is InChI=1S/C22H24F3N3O4/c23-22(24,25)32-15-9-7-14(8-10-15)19-21(31-12-13-5-6-13)26-11-17(27-19)20(30)28-16-3-1-2-4-18(16)29/h7-11,13,16,18,29H,1-6,12H2,(H,28,30)/t16-,18-/m1/s1. The van der Waals surface area contributed by atoms with Crippen LogP contribution in [0.1, 0.15) is 49.0 Å². The van der Waals surface area contributed by atoms with Gasteiger partial charge in [-0.05, 0) is 55.9 Å². The number of halogens is 3. The molecule has 2 saturated carbocycles. The predicted octanol–water partition coefficient (Wildman–Crippen LogP) is 3.86. The van der Waals surface area contributed by atoms with E-state index in [1.54, 1.807) is 0 Å². The lowest BCUT2D eigenvalue weighted by atomic mass is 9.92. The number of nitrogens with zero attached hydrogens (tertiary/aromatic N) is 2. The van der Waals surface area contributed by atoms with Crippen LogP contribution in [0.15, 0.2) is 30.5 Å². The third-order valence-electron chi connectivity index (χ3n) is 5.53. The quantitative estimate of drug-likeness (QED) is 0.664. The van der Waals surface area contributed by atoms with E-state index < -0.39 is 18.4 Å². The van der Waals surface area contributed by atoms with Crippen LogP contribution in [0.3, 0.4) is 0 Å². The maximum Gasteiger partial charge on any atom is 0.573 e. The van der Waals surface area contributed by atoms with Crippen molar-refractivity contribution in [2.45, 2.75) is 57.0 Å². The van der Waals surface area contributed by atoms with Gasteiger partial charge in [-0.15, -0.1) is 13.2 Å². The van der Waals surface area contributed by atoms with Gasteiger partial charge < -0.3 is 19.9 Å². The highest BCUT2D eigenvalue weighted by molar-refractivity contribution is 5.93. The monoisotopic (exact) mass is 451 g/mol. The normalized spacial score (nSPS) is 21.1. The molecule has 2 aliphatic carbocycles. The Labute approximate surface area is 183 Å². The van der Waals surface area contributed by atoms with Crippen molar-refractivity contribution in [1.82, 2.24) is 15.3 Å². The third kappa shape index (κ3) is 5.87. The number of aliphatic hydroxyl groups excluding tert-OH is 1. The van der Waals surface area contributed by atoms with E-state index in [9.17, 15) is 23.1 Å². The summed E-state index contributed by atoms with van der Waals surface area (Å²) in [5, 5.41) is 12.9. The minimum absolute atomic E-state index is 0.0344. The molecule has 0 unspecified atom stereocenters. The second-order valence-electron chi connectivity index (χ2n) is 8.17. The molecule has 0 bridgehead atoms. The Bertz CT molecular complexity index is 948. The molecule has 1 amide bonds. The summed E-state index contributed by atoms with van der Waals surface area (Å²) in [6.07, 6.45) is 1.17. The van der Waals surface area contributed by atoms with Gasteiger partial charge in [0.25, 0.3) is 5.91 Å². The first-order valence-electron chi connectivity index (χ1n) is 10.6. The second kappa shape index (κ2) is 9.32. The van der Waals surface area contributed by atoms with Crippen LogP contribution in [-0.4, -0.2) is 46.1 Å². The first kappa shape index (κ1) is 22.3. The zero-order chi connectivity index (χ0) is 22.7. The molecular weight excluding hydrogens is 427 g/mol. The van der Waals surface area contributed by atoms with Crippen LogP contribution in [0.5, 0.6) is 11.6 Å². The van der Waals surface area contributed by atoms with Crippen molar-refractivity contribution in [3.63, 3.8) is 0 Å². The van der Waals surface area contributed by atoms with Crippen molar-refractivity contribution >= 4 is 5.91 Å².